The summed E-state index contributed by atoms with van der Waals surface area (Å²) in [5.74, 6) is -0.233. The van der Waals surface area contributed by atoms with Crippen LogP contribution in [0.4, 0.5) is 4.39 Å². The Kier molecular flexibility index (Phi) is 7.22. The molecule has 0 aromatic heterocycles. The number of carbonyl (C=O) groups excluding carboxylic acids is 1. The third-order valence-electron chi connectivity index (χ3n) is 4.01. The van der Waals surface area contributed by atoms with Crippen molar-refractivity contribution < 1.29 is 18.8 Å². The number of amides is 1. The van der Waals surface area contributed by atoms with Crippen LogP contribution in [0.2, 0.25) is 5.02 Å². The molecule has 2 rings (SSSR count). The molecule has 2 aromatic carbocycles. The van der Waals surface area contributed by atoms with Gasteiger partial charge < -0.3 is 15.0 Å². The van der Waals surface area contributed by atoms with Gasteiger partial charge in [0.1, 0.15) is 6.54 Å². The van der Waals surface area contributed by atoms with E-state index in [0.717, 1.165) is 22.6 Å². The molecule has 4 nitrogen and oxygen atoms in total. The molecule has 0 saturated carbocycles. The van der Waals surface area contributed by atoms with Crippen molar-refractivity contribution in [2.45, 2.75) is 20.0 Å². The van der Waals surface area contributed by atoms with E-state index < -0.39 is 5.82 Å². The smallest absolute Gasteiger partial charge is 0.275 e. The predicted octanol–water partition coefficient (Wildman–Crippen LogP) is 2.21. The van der Waals surface area contributed by atoms with Crippen LogP contribution in [0.1, 0.15) is 18.1 Å². The molecular formula is C19H23ClFN2O2+. The molecule has 0 bridgehead atoms. The molecule has 25 heavy (non-hydrogen) atoms. The summed E-state index contributed by atoms with van der Waals surface area (Å²) in [5, 5.41) is 3.52. The average Bonchev–Trinajstić information content (AvgIpc) is 2.60. The Labute approximate surface area is 152 Å². The first-order valence-electron chi connectivity index (χ1n) is 8.19. The molecule has 134 valence electrons. The Bertz CT molecular complexity index is 724. The summed E-state index contributed by atoms with van der Waals surface area (Å²) in [7, 11) is 1.44. The van der Waals surface area contributed by atoms with Crippen LogP contribution in [0.15, 0.2) is 42.5 Å². The molecule has 0 saturated heterocycles. The van der Waals surface area contributed by atoms with E-state index in [1.165, 1.54) is 13.2 Å². The van der Waals surface area contributed by atoms with Gasteiger partial charge in [-0.15, -0.1) is 0 Å². The molecule has 2 N–H and O–H groups in total. The number of likely N-dealkylation sites (N-methyl/N-ethyl adjacent to an activating group) is 1. The third-order valence-corrected chi connectivity index (χ3v) is 4.38. The van der Waals surface area contributed by atoms with E-state index in [2.05, 4.69) is 5.32 Å². The van der Waals surface area contributed by atoms with E-state index in [1.54, 1.807) is 12.1 Å². The Morgan fingerprint density at radius 1 is 1.28 bits per heavy atom. The number of ether oxygens (including phenoxy) is 1. The summed E-state index contributed by atoms with van der Waals surface area (Å²) in [6.07, 6.45) is 0. The van der Waals surface area contributed by atoms with Crippen LogP contribution in [0.3, 0.4) is 0 Å². The van der Waals surface area contributed by atoms with Crippen LogP contribution in [0.25, 0.3) is 0 Å². The van der Waals surface area contributed by atoms with Crippen LogP contribution in [-0.2, 0) is 17.9 Å². The number of quaternary nitrogens is 1. The van der Waals surface area contributed by atoms with Gasteiger partial charge in [-0.1, -0.05) is 29.8 Å². The summed E-state index contributed by atoms with van der Waals surface area (Å²) >= 11 is 6.09. The minimum atomic E-state index is -0.390. The Hall–Kier alpha value is -2.11. The molecule has 0 aliphatic rings. The lowest BCUT2D eigenvalue weighted by molar-refractivity contribution is -0.904. The van der Waals surface area contributed by atoms with Crippen molar-refractivity contribution in [1.29, 1.82) is 0 Å². The minimum absolute atomic E-state index is 0.0641. The van der Waals surface area contributed by atoms with Gasteiger partial charge >= 0.3 is 0 Å². The Balaban J connectivity index is 1.89. The van der Waals surface area contributed by atoms with Crippen LogP contribution in [-0.4, -0.2) is 26.1 Å². The summed E-state index contributed by atoms with van der Waals surface area (Å²) < 4.78 is 18.7. The fourth-order valence-corrected chi connectivity index (χ4v) is 2.75. The maximum Gasteiger partial charge on any atom is 0.275 e. The van der Waals surface area contributed by atoms with E-state index in [-0.39, 0.29) is 11.7 Å². The fraction of sp³-hybridized carbons (Fsp3) is 0.316. The summed E-state index contributed by atoms with van der Waals surface area (Å²) in [5.41, 5.74) is 1.71. The number of benzene rings is 2. The average molecular weight is 366 g/mol. The highest BCUT2D eigenvalue weighted by atomic mass is 35.5. The lowest BCUT2D eigenvalue weighted by Gasteiger charge is -2.18. The standard InChI is InChI=1S/C19H22ClFN2O2/c1-3-23(12-14-8-9-18(25-2)17(21)10-14)13-19(24)22-11-15-6-4-5-7-16(15)20/h4-10H,3,11-13H2,1-2H3,(H,22,24)/p+1. The normalized spacial score (nSPS) is 11.8. The maximum atomic E-state index is 13.8. The van der Waals surface area contributed by atoms with E-state index in [9.17, 15) is 9.18 Å². The van der Waals surface area contributed by atoms with Crippen LogP contribution in [0.5, 0.6) is 5.75 Å². The number of nitrogens with one attached hydrogen (secondary N) is 2. The molecule has 2 aromatic rings. The van der Waals surface area contributed by atoms with Crippen molar-refractivity contribution in [1.82, 2.24) is 5.32 Å². The number of rotatable bonds is 8. The zero-order chi connectivity index (χ0) is 18.2. The van der Waals surface area contributed by atoms with Gasteiger partial charge in [0.2, 0.25) is 0 Å². The van der Waals surface area contributed by atoms with E-state index in [1.807, 2.05) is 31.2 Å². The van der Waals surface area contributed by atoms with Gasteiger partial charge in [0, 0.05) is 17.1 Å². The number of hydrogen-bond acceptors (Lipinski definition) is 2. The topological polar surface area (TPSA) is 42.8 Å². The zero-order valence-corrected chi connectivity index (χ0v) is 15.2. The molecule has 1 atom stereocenters. The van der Waals surface area contributed by atoms with Crippen molar-refractivity contribution >= 4 is 17.5 Å². The Morgan fingerprint density at radius 2 is 2.04 bits per heavy atom. The second kappa shape index (κ2) is 9.39. The van der Waals surface area contributed by atoms with Crippen molar-refractivity contribution in [3.8, 4) is 5.75 Å². The summed E-state index contributed by atoms with van der Waals surface area (Å²) in [6, 6.07) is 12.3. The molecule has 0 heterocycles. The first-order valence-corrected chi connectivity index (χ1v) is 8.57. The largest absolute Gasteiger partial charge is 0.494 e. The highest BCUT2D eigenvalue weighted by Crippen LogP contribution is 2.17. The minimum Gasteiger partial charge on any atom is -0.494 e. The molecule has 0 aliphatic carbocycles. The maximum absolute atomic E-state index is 13.8. The monoisotopic (exact) mass is 365 g/mol. The van der Waals surface area contributed by atoms with Gasteiger partial charge in [-0.3, -0.25) is 4.79 Å². The zero-order valence-electron chi connectivity index (χ0n) is 14.4. The van der Waals surface area contributed by atoms with Gasteiger partial charge in [0.05, 0.1) is 13.7 Å². The van der Waals surface area contributed by atoms with E-state index >= 15 is 0 Å². The molecule has 6 heteroatoms. The number of carbonyl (C=O) groups is 1. The number of hydrogen-bond donors (Lipinski definition) is 2. The highest BCUT2D eigenvalue weighted by Gasteiger charge is 2.14. The molecule has 0 aliphatic heterocycles. The SMILES string of the molecule is CC[NH+](CC(=O)NCc1ccccc1Cl)Cc1ccc(OC)c(F)c1. The van der Waals surface area contributed by atoms with Gasteiger partial charge in [0.25, 0.3) is 5.91 Å². The second-order valence-corrected chi connectivity index (χ2v) is 6.20. The van der Waals surface area contributed by atoms with E-state index in [4.69, 9.17) is 16.3 Å². The molecule has 0 radical (unpaired) electrons. The van der Waals surface area contributed by atoms with Crippen molar-refractivity contribution in [3.63, 3.8) is 0 Å². The van der Waals surface area contributed by atoms with Gasteiger partial charge in [-0.05, 0) is 36.8 Å². The quantitative estimate of drug-likeness (QED) is 0.753. The lowest BCUT2D eigenvalue weighted by Crippen LogP contribution is -3.11. The van der Waals surface area contributed by atoms with Crippen molar-refractivity contribution in [2.75, 3.05) is 20.2 Å². The molecule has 0 spiro atoms. The van der Waals surface area contributed by atoms with Gasteiger partial charge in [0.15, 0.2) is 18.1 Å². The first-order chi connectivity index (χ1) is 12.0. The lowest BCUT2D eigenvalue weighted by atomic mass is 10.2. The Morgan fingerprint density at radius 3 is 2.68 bits per heavy atom. The first kappa shape index (κ1) is 19.2. The third kappa shape index (κ3) is 5.73. The molecule has 1 amide bonds. The van der Waals surface area contributed by atoms with Crippen LogP contribution >= 0.6 is 11.6 Å². The predicted molar refractivity (Wildman–Crippen MR) is 96.3 cm³/mol. The number of halogens is 2. The van der Waals surface area contributed by atoms with Crippen LogP contribution in [0, 0.1) is 5.82 Å². The van der Waals surface area contributed by atoms with Crippen molar-refractivity contribution in [3.05, 3.63) is 64.4 Å². The summed E-state index contributed by atoms with van der Waals surface area (Å²) in [6.45, 7) is 4.03. The fourth-order valence-electron chi connectivity index (χ4n) is 2.55. The highest BCUT2D eigenvalue weighted by molar-refractivity contribution is 6.31. The van der Waals surface area contributed by atoms with Gasteiger partial charge in [-0.2, -0.15) is 0 Å². The summed E-state index contributed by atoms with van der Waals surface area (Å²) in [4.78, 5) is 13.2. The molecular weight excluding hydrogens is 343 g/mol. The van der Waals surface area contributed by atoms with Crippen molar-refractivity contribution in [2.24, 2.45) is 0 Å². The second-order valence-electron chi connectivity index (χ2n) is 5.79. The number of methoxy groups -OCH3 is 1. The van der Waals surface area contributed by atoms with E-state index in [0.29, 0.717) is 24.7 Å². The van der Waals surface area contributed by atoms with Crippen LogP contribution < -0.4 is 15.0 Å². The molecule has 0 fully saturated rings. The van der Waals surface area contributed by atoms with Gasteiger partial charge in [-0.25, -0.2) is 4.39 Å². The molecule has 1 unspecified atom stereocenters.